The molecule has 3 atom stereocenters. The van der Waals surface area contributed by atoms with Gasteiger partial charge in [-0.15, -0.1) is 24.0 Å². The summed E-state index contributed by atoms with van der Waals surface area (Å²) in [5, 5.41) is 7.35. The summed E-state index contributed by atoms with van der Waals surface area (Å²) in [7, 11) is 1.54. The van der Waals surface area contributed by atoms with Crippen LogP contribution in [0.2, 0.25) is 0 Å². The minimum Gasteiger partial charge on any atom is -0.357 e. The lowest BCUT2D eigenvalue weighted by Gasteiger charge is -2.30. The van der Waals surface area contributed by atoms with Crippen molar-refractivity contribution in [3.8, 4) is 0 Å². The van der Waals surface area contributed by atoms with Crippen LogP contribution in [0.15, 0.2) is 4.99 Å². The second-order valence-corrected chi connectivity index (χ2v) is 9.60. The summed E-state index contributed by atoms with van der Waals surface area (Å²) in [6, 6.07) is 0.412. The number of halogens is 1. The van der Waals surface area contributed by atoms with E-state index in [4.69, 9.17) is 4.99 Å². The maximum atomic E-state index is 12.1. The molecule has 154 valence electrons. The van der Waals surface area contributed by atoms with Crippen LogP contribution in [0.4, 0.5) is 0 Å². The maximum absolute atomic E-state index is 12.1. The topological polar surface area (TPSA) is 56.7 Å². The highest BCUT2D eigenvalue weighted by Gasteiger charge is 2.26. The molecule has 0 bridgehead atoms. The standard InChI is InChI=1S/C19H38N4OS.HI/c1-4-20-19(21-12-9-16-10-13-23(3)14-11-16)22-17-7-6-8-18(15-17)25(24)5-2;/h16-18H,4-15H2,1-3H3,(H2,20,21,22);1H. The van der Waals surface area contributed by atoms with Crippen molar-refractivity contribution in [1.82, 2.24) is 15.5 Å². The first kappa shape index (κ1) is 24.1. The maximum Gasteiger partial charge on any atom is 0.191 e. The molecule has 1 saturated carbocycles. The Kier molecular flexibility index (Phi) is 12.4. The lowest BCUT2D eigenvalue weighted by Crippen LogP contribution is -2.46. The quantitative estimate of drug-likeness (QED) is 0.322. The Hall–Kier alpha value is 0.110. The number of rotatable bonds is 7. The van der Waals surface area contributed by atoms with Crippen molar-refractivity contribution in [3.63, 3.8) is 0 Å². The minimum atomic E-state index is -0.669. The van der Waals surface area contributed by atoms with Crippen LogP contribution in [-0.2, 0) is 10.8 Å². The van der Waals surface area contributed by atoms with Crippen molar-refractivity contribution < 1.29 is 4.21 Å². The average Bonchev–Trinajstić information content (AvgIpc) is 2.63. The van der Waals surface area contributed by atoms with E-state index in [1.165, 1.54) is 38.8 Å². The zero-order valence-electron chi connectivity index (χ0n) is 16.8. The van der Waals surface area contributed by atoms with Gasteiger partial charge in [0.05, 0.1) is 0 Å². The summed E-state index contributed by atoms with van der Waals surface area (Å²) in [6.45, 7) is 8.39. The van der Waals surface area contributed by atoms with Crippen LogP contribution in [0.25, 0.3) is 0 Å². The molecule has 2 rings (SSSR count). The van der Waals surface area contributed by atoms with Gasteiger partial charge in [-0.25, -0.2) is 0 Å². The van der Waals surface area contributed by atoms with Gasteiger partial charge in [0.25, 0.3) is 0 Å². The fraction of sp³-hybridized carbons (Fsp3) is 0.947. The number of nitrogens with zero attached hydrogens (tertiary/aromatic N) is 2. The Morgan fingerprint density at radius 1 is 1.19 bits per heavy atom. The van der Waals surface area contributed by atoms with E-state index in [2.05, 4.69) is 29.5 Å². The number of guanidine groups is 1. The molecule has 1 aliphatic carbocycles. The fourth-order valence-corrected chi connectivity index (χ4v) is 5.32. The van der Waals surface area contributed by atoms with E-state index in [9.17, 15) is 4.21 Å². The molecular weight excluding hydrogens is 459 g/mol. The highest BCUT2D eigenvalue weighted by Crippen LogP contribution is 2.23. The van der Waals surface area contributed by atoms with Crippen LogP contribution in [0.1, 0.15) is 58.8 Å². The second kappa shape index (κ2) is 13.3. The highest BCUT2D eigenvalue weighted by atomic mass is 127. The van der Waals surface area contributed by atoms with Crippen LogP contribution in [0.5, 0.6) is 0 Å². The number of likely N-dealkylation sites (tertiary alicyclic amines) is 1. The number of hydrogen-bond donors (Lipinski definition) is 2. The Labute approximate surface area is 180 Å². The van der Waals surface area contributed by atoms with Gasteiger partial charge in [0.2, 0.25) is 0 Å². The smallest absolute Gasteiger partial charge is 0.191 e. The molecular formula is C19H39IN4OS. The van der Waals surface area contributed by atoms with Crippen molar-refractivity contribution in [1.29, 1.82) is 0 Å². The molecule has 5 nitrogen and oxygen atoms in total. The second-order valence-electron chi connectivity index (χ2n) is 7.60. The van der Waals surface area contributed by atoms with Crippen LogP contribution in [0.3, 0.4) is 0 Å². The zero-order valence-corrected chi connectivity index (χ0v) is 20.0. The van der Waals surface area contributed by atoms with Gasteiger partial charge in [-0.2, -0.15) is 0 Å². The van der Waals surface area contributed by atoms with E-state index in [0.717, 1.165) is 50.0 Å². The summed E-state index contributed by atoms with van der Waals surface area (Å²) in [5.41, 5.74) is 0. The lowest BCUT2D eigenvalue weighted by molar-refractivity contribution is 0.214. The molecule has 26 heavy (non-hydrogen) atoms. The van der Waals surface area contributed by atoms with Crippen molar-refractivity contribution in [2.45, 2.75) is 70.1 Å². The molecule has 0 aromatic carbocycles. The summed E-state index contributed by atoms with van der Waals surface area (Å²) < 4.78 is 12.1. The van der Waals surface area contributed by atoms with Gasteiger partial charge in [0.1, 0.15) is 0 Å². The highest BCUT2D eigenvalue weighted by molar-refractivity contribution is 14.0. The van der Waals surface area contributed by atoms with E-state index in [1.807, 2.05) is 6.92 Å². The minimum absolute atomic E-state index is 0. The lowest BCUT2D eigenvalue weighted by atomic mass is 9.94. The van der Waals surface area contributed by atoms with Crippen molar-refractivity contribution in [2.75, 3.05) is 39.0 Å². The Morgan fingerprint density at radius 3 is 2.58 bits per heavy atom. The molecule has 2 aliphatic rings. The zero-order chi connectivity index (χ0) is 18.1. The molecule has 1 saturated heterocycles. The van der Waals surface area contributed by atoms with E-state index in [-0.39, 0.29) is 24.0 Å². The van der Waals surface area contributed by atoms with Gasteiger partial charge in [-0.05, 0) is 71.5 Å². The SMILES string of the molecule is CCNC(=NCCC1CCN(C)CC1)NC1CCCC(S(=O)CC)C1.I. The summed E-state index contributed by atoms with van der Waals surface area (Å²) in [5.74, 6) is 2.56. The van der Waals surface area contributed by atoms with Crippen molar-refractivity contribution in [3.05, 3.63) is 0 Å². The van der Waals surface area contributed by atoms with Crippen LogP contribution in [0, 0.1) is 5.92 Å². The number of nitrogens with one attached hydrogen (secondary N) is 2. The number of piperidine rings is 1. The van der Waals surface area contributed by atoms with E-state index in [0.29, 0.717) is 11.3 Å². The molecule has 2 fully saturated rings. The van der Waals surface area contributed by atoms with E-state index < -0.39 is 10.8 Å². The summed E-state index contributed by atoms with van der Waals surface area (Å²) >= 11 is 0. The summed E-state index contributed by atoms with van der Waals surface area (Å²) in [4.78, 5) is 7.24. The molecule has 2 N–H and O–H groups in total. The van der Waals surface area contributed by atoms with Gasteiger partial charge in [-0.1, -0.05) is 13.3 Å². The first-order valence-corrected chi connectivity index (χ1v) is 11.6. The normalized spacial score (nSPS) is 26.8. The van der Waals surface area contributed by atoms with Gasteiger partial charge < -0.3 is 15.5 Å². The molecule has 7 heteroatoms. The van der Waals surface area contributed by atoms with Crippen molar-refractivity contribution in [2.24, 2.45) is 10.9 Å². The first-order chi connectivity index (χ1) is 12.1. The Morgan fingerprint density at radius 2 is 1.92 bits per heavy atom. The van der Waals surface area contributed by atoms with Gasteiger partial charge in [-0.3, -0.25) is 9.20 Å². The molecule has 0 spiro atoms. The summed E-state index contributed by atoms with van der Waals surface area (Å²) in [6.07, 6.45) is 8.27. The molecule has 1 aliphatic heterocycles. The third kappa shape index (κ3) is 8.42. The van der Waals surface area contributed by atoms with E-state index >= 15 is 0 Å². The molecule has 0 amide bonds. The molecule has 3 unspecified atom stereocenters. The van der Waals surface area contributed by atoms with Gasteiger partial charge in [0.15, 0.2) is 5.96 Å². The number of hydrogen-bond acceptors (Lipinski definition) is 3. The van der Waals surface area contributed by atoms with E-state index in [1.54, 1.807) is 0 Å². The van der Waals surface area contributed by atoms with Crippen LogP contribution < -0.4 is 10.6 Å². The predicted molar refractivity (Wildman–Crippen MR) is 124 cm³/mol. The third-order valence-corrected chi connectivity index (χ3v) is 7.35. The first-order valence-electron chi connectivity index (χ1n) is 10.2. The number of aliphatic imine (C=N–C) groups is 1. The fourth-order valence-electron chi connectivity index (χ4n) is 3.97. The largest absolute Gasteiger partial charge is 0.357 e. The third-order valence-electron chi connectivity index (χ3n) is 5.61. The predicted octanol–water partition coefficient (Wildman–Crippen LogP) is 2.97. The molecule has 1 heterocycles. The molecule has 0 aromatic rings. The monoisotopic (exact) mass is 498 g/mol. The Balaban J connectivity index is 0.00000338. The van der Waals surface area contributed by atoms with Gasteiger partial charge >= 0.3 is 0 Å². The molecule has 0 aromatic heterocycles. The Bertz CT molecular complexity index is 441. The van der Waals surface area contributed by atoms with Gasteiger partial charge in [0, 0.05) is 40.9 Å². The van der Waals surface area contributed by atoms with Crippen LogP contribution in [-0.4, -0.2) is 65.3 Å². The average molecular weight is 499 g/mol. The van der Waals surface area contributed by atoms with Crippen LogP contribution >= 0.6 is 24.0 Å². The van der Waals surface area contributed by atoms with Crippen molar-refractivity contribution >= 4 is 40.7 Å². The molecule has 0 radical (unpaired) electrons.